The maximum Gasteiger partial charge on any atom is 0.324 e. The summed E-state index contributed by atoms with van der Waals surface area (Å²) >= 11 is 1.12. The largest absolute Gasteiger partial charge is 0.508 e. The monoisotopic (exact) mass is 250 g/mol. The number of nitrogens with zero attached hydrogens (tertiary/aromatic N) is 1. The van der Waals surface area contributed by atoms with Crippen molar-refractivity contribution < 1.29 is 10.0 Å². The van der Waals surface area contributed by atoms with Gasteiger partial charge in [0.1, 0.15) is 5.75 Å². The van der Waals surface area contributed by atoms with Crippen molar-refractivity contribution in [1.82, 2.24) is 0 Å². The molecule has 0 fully saturated rings. The van der Waals surface area contributed by atoms with Crippen molar-refractivity contribution in [3.63, 3.8) is 0 Å². The van der Waals surface area contributed by atoms with Gasteiger partial charge in [-0.3, -0.25) is 10.1 Å². The van der Waals surface area contributed by atoms with Gasteiger partial charge in [-0.1, -0.05) is 11.3 Å². The Morgan fingerprint density at radius 2 is 2.06 bits per heavy atom. The fourth-order valence-electron chi connectivity index (χ4n) is 1.33. The number of phenols is 1. The van der Waals surface area contributed by atoms with E-state index in [9.17, 15) is 10.1 Å². The van der Waals surface area contributed by atoms with Gasteiger partial charge in [-0.15, -0.1) is 0 Å². The summed E-state index contributed by atoms with van der Waals surface area (Å²) in [6.45, 7) is 0.523. The summed E-state index contributed by atoms with van der Waals surface area (Å²) in [5, 5.41) is 24.6. The molecule has 0 unspecified atom stereocenters. The first kappa shape index (κ1) is 11.4. The number of hydrogen-bond acceptors (Lipinski definition) is 5. The number of rotatable bonds is 4. The predicted octanol–water partition coefficient (Wildman–Crippen LogP) is 2.97. The zero-order valence-corrected chi connectivity index (χ0v) is 9.61. The first-order valence-corrected chi connectivity index (χ1v) is 5.78. The highest BCUT2D eigenvalue weighted by Crippen LogP contribution is 2.23. The number of aromatic hydroxyl groups is 1. The van der Waals surface area contributed by atoms with Crippen LogP contribution in [-0.2, 0) is 6.54 Å². The lowest BCUT2D eigenvalue weighted by molar-refractivity contribution is -0.380. The molecular formula is C11H10N2O3S. The third kappa shape index (κ3) is 2.94. The SMILES string of the molecule is O=[N+]([O-])c1cc(CNc2ccc(O)cc2)cs1. The molecule has 0 bridgehead atoms. The van der Waals surface area contributed by atoms with Crippen molar-refractivity contribution in [2.24, 2.45) is 0 Å². The molecular weight excluding hydrogens is 240 g/mol. The highest BCUT2D eigenvalue weighted by Gasteiger charge is 2.08. The molecule has 0 aliphatic heterocycles. The molecule has 88 valence electrons. The second-order valence-electron chi connectivity index (χ2n) is 3.45. The van der Waals surface area contributed by atoms with Crippen LogP contribution in [0.5, 0.6) is 5.75 Å². The van der Waals surface area contributed by atoms with E-state index in [1.807, 2.05) is 0 Å². The molecule has 0 saturated heterocycles. The average Bonchev–Trinajstić information content (AvgIpc) is 2.77. The second-order valence-corrected chi connectivity index (χ2v) is 4.34. The van der Waals surface area contributed by atoms with Crippen LogP contribution in [0.2, 0.25) is 0 Å². The van der Waals surface area contributed by atoms with Crippen molar-refractivity contribution in [2.45, 2.75) is 6.54 Å². The van der Waals surface area contributed by atoms with Gasteiger partial charge in [0.05, 0.1) is 4.92 Å². The molecule has 0 saturated carbocycles. The van der Waals surface area contributed by atoms with E-state index in [4.69, 9.17) is 5.11 Å². The van der Waals surface area contributed by atoms with Crippen LogP contribution in [-0.4, -0.2) is 10.0 Å². The molecule has 5 nitrogen and oxygen atoms in total. The molecule has 1 aromatic heterocycles. The smallest absolute Gasteiger partial charge is 0.324 e. The number of hydrogen-bond donors (Lipinski definition) is 2. The van der Waals surface area contributed by atoms with Crippen molar-refractivity contribution in [1.29, 1.82) is 0 Å². The summed E-state index contributed by atoms with van der Waals surface area (Å²) in [4.78, 5) is 10.1. The Labute approximate surface area is 101 Å². The van der Waals surface area contributed by atoms with Gasteiger partial charge in [0, 0.05) is 23.7 Å². The second kappa shape index (κ2) is 4.84. The molecule has 2 rings (SSSR count). The van der Waals surface area contributed by atoms with Crippen molar-refractivity contribution in [2.75, 3.05) is 5.32 Å². The first-order valence-electron chi connectivity index (χ1n) is 4.90. The predicted molar refractivity (Wildman–Crippen MR) is 66.4 cm³/mol. The van der Waals surface area contributed by atoms with E-state index in [0.717, 1.165) is 22.6 Å². The van der Waals surface area contributed by atoms with Crippen LogP contribution in [0.15, 0.2) is 35.7 Å². The summed E-state index contributed by atoms with van der Waals surface area (Å²) < 4.78 is 0. The highest BCUT2D eigenvalue weighted by molar-refractivity contribution is 7.13. The summed E-state index contributed by atoms with van der Waals surface area (Å²) in [6.07, 6.45) is 0. The van der Waals surface area contributed by atoms with E-state index in [1.165, 1.54) is 0 Å². The zero-order valence-electron chi connectivity index (χ0n) is 8.79. The summed E-state index contributed by atoms with van der Waals surface area (Å²) in [5.41, 5.74) is 1.73. The maximum atomic E-state index is 10.5. The molecule has 1 heterocycles. The van der Waals surface area contributed by atoms with Crippen LogP contribution >= 0.6 is 11.3 Å². The van der Waals surface area contributed by atoms with Crippen molar-refractivity contribution >= 4 is 22.0 Å². The molecule has 0 spiro atoms. The number of anilines is 1. The third-order valence-corrected chi connectivity index (χ3v) is 3.11. The Morgan fingerprint density at radius 1 is 1.35 bits per heavy atom. The molecule has 0 aliphatic rings. The lowest BCUT2D eigenvalue weighted by Gasteiger charge is -2.04. The van der Waals surface area contributed by atoms with Gasteiger partial charge in [0.2, 0.25) is 0 Å². The Hall–Kier alpha value is -2.08. The van der Waals surface area contributed by atoms with E-state index in [0.29, 0.717) is 6.54 Å². The third-order valence-electron chi connectivity index (χ3n) is 2.18. The molecule has 1 aromatic carbocycles. The van der Waals surface area contributed by atoms with Crippen LogP contribution in [0.25, 0.3) is 0 Å². The van der Waals surface area contributed by atoms with Gasteiger partial charge in [0.15, 0.2) is 0 Å². The minimum Gasteiger partial charge on any atom is -0.508 e. The number of nitro groups is 1. The molecule has 0 aliphatic carbocycles. The molecule has 6 heteroatoms. The van der Waals surface area contributed by atoms with Gasteiger partial charge in [-0.2, -0.15) is 0 Å². The van der Waals surface area contributed by atoms with E-state index in [1.54, 1.807) is 35.7 Å². The lowest BCUT2D eigenvalue weighted by Crippen LogP contribution is -1.97. The van der Waals surface area contributed by atoms with Crippen molar-refractivity contribution in [3.05, 3.63) is 51.4 Å². The van der Waals surface area contributed by atoms with Crippen molar-refractivity contribution in [3.8, 4) is 5.75 Å². The number of nitrogens with one attached hydrogen (secondary N) is 1. The van der Waals surface area contributed by atoms with Crippen LogP contribution in [0.3, 0.4) is 0 Å². The fourth-order valence-corrected chi connectivity index (χ4v) is 2.06. The number of thiophene rings is 1. The summed E-state index contributed by atoms with van der Waals surface area (Å²) in [5.74, 6) is 0.210. The van der Waals surface area contributed by atoms with Crippen LogP contribution < -0.4 is 5.32 Å². The molecule has 2 N–H and O–H groups in total. The van der Waals surface area contributed by atoms with Crippen LogP contribution in [0.4, 0.5) is 10.7 Å². The van der Waals surface area contributed by atoms with Gasteiger partial charge in [0.25, 0.3) is 0 Å². The molecule has 2 aromatic rings. The number of benzene rings is 1. The quantitative estimate of drug-likeness (QED) is 0.497. The normalized spacial score (nSPS) is 10.1. The standard InChI is InChI=1S/C11H10N2O3S/c14-10-3-1-9(2-4-10)12-6-8-5-11(13(15)16)17-7-8/h1-5,7,12,14H,6H2. The summed E-state index contributed by atoms with van der Waals surface area (Å²) in [6, 6.07) is 8.21. The Balaban J connectivity index is 1.97. The van der Waals surface area contributed by atoms with E-state index >= 15 is 0 Å². The summed E-state index contributed by atoms with van der Waals surface area (Å²) in [7, 11) is 0. The number of phenolic OH excluding ortho intramolecular Hbond substituents is 1. The first-order chi connectivity index (χ1) is 8.15. The Kier molecular flexibility index (Phi) is 3.24. The van der Waals surface area contributed by atoms with E-state index in [-0.39, 0.29) is 10.8 Å². The topological polar surface area (TPSA) is 75.4 Å². The average molecular weight is 250 g/mol. The van der Waals surface area contributed by atoms with Gasteiger partial charge in [-0.05, 0) is 29.8 Å². The van der Waals surface area contributed by atoms with Gasteiger partial charge >= 0.3 is 5.00 Å². The molecule has 0 amide bonds. The van der Waals surface area contributed by atoms with Gasteiger partial charge < -0.3 is 10.4 Å². The fraction of sp³-hybridized carbons (Fsp3) is 0.0909. The Morgan fingerprint density at radius 3 is 2.65 bits per heavy atom. The molecule has 0 atom stereocenters. The molecule has 17 heavy (non-hydrogen) atoms. The minimum absolute atomic E-state index is 0.146. The lowest BCUT2D eigenvalue weighted by atomic mass is 10.3. The maximum absolute atomic E-state index is 10.5. The van der Waals surface area contributed by atoms with E-state index < -0.39 is 4.92 Å². The van der Waals surface area contributed by atoms with Crippen LogP contribution in [0, 0.1) is 10.1 Å². The van der Waals surface area contributed by atoms with Gasteiger partial charge in [-0.25, -0.2) is 0 Å². The zero-order chi connectivity index (χ0) is 12.3. The molecule has 0 radical (unpaired) electrons. The van der Waals surface area contributed by atoms with E-state index in [2.05, 4.69) is 5.32 Å². The minimum atomic E-state index is -0.394. The van der Waals surface area contributed by atoms with Crippen LogP contribution in [0.1, 0.15) is 5.56 Å². The Bertz CT molecular complexity index is 522. The highest BCUT2D eigenvalue weighted by atomic mass is 32.1.